The first-order valence-electron chi connectivity index (χ1n) is 6.83. The third-order valence-corrected chi connectivity index (χ3v) is 4.06. The Morgan fingerprint density at radius 1 is 1.47 bits per heavy atom. The van der Waals surface area contributed by atoms with Crippen LogP contribution in [-0.2, 0) is 9.63 Å². The van der Waals surface area contributed by atoms with Crippen LogP contribution in [0.3, 0.4) is 0 Å². The highest BCUT2D eigenvalue weighted by molar-refractivity contribution is 5.89. The molecule has 1 saturated carbocycles. The number of nitrogens with zero attached hydrogens (tertiary/aromatic N) is 1. The zero-order chi connectivity index (χ0) is 12.5. The molecule has 2 rings (SSSR count). The van der Waals surface area contributed by atoms with E-state index in [1.165, 1.54) is 0 Å². The fraction of sp³-hybridized carbons (Fsp3) is 0.857. The second kappa shape index (κ2) is 4.79. The molecule has 1 aliphatic heterocycles. The van der Waals surface area contributed by atoms with Crippen molar-refractivity contribution in [3.05, 3.63) is 0 Å². The van der Waals surface area contributed by atoms with Crippen molar-refractivity contribution in [2.75, 3.05) is 0 Å². The van der Waals surface area contributed by atoms with Crippen LogP contribution in [0.4, 0.5) is 0 Å². The highest BCUT2D eigenvalue weighted by atomic mass is 16.7. The molecule has 0 saturated heterocycles. The van der Waals surface area contributed by atoms with Gasteiger partial charge in [-0.3, -0.25) is 4.79 Å². The zero-order valence-electron chi connectivity index (χ0n) is 11.2. The van der Waals surface area contributed by atoms with Crippen LogP contribution in [-0.4, -0.2) is 17.1 Å². The number of Topliss-reactive ketones (excluding diaryl/α,β-unsaturated/α-hetero) is 1. The molecular weight excluding hydrogens is 214 g/mol. The summed E-state index contributed by atoms with van der Waals surface area (Å²) in [6.07, 6.45) is 5.48. The summed E-state index contributed by atoms with van der Waals surface area (Å²) in [4.78, 5) is 17.7. The molecule has 0 aromatic rings. The van der Waals surface area contributed by atoms with Crippen LogP contribution in [0.25, 0.3) is 0 Å². The summed E-state index contributed by atoms with van der Waals surface area (Å²) in [5.74, 6) is 1.07. The van der Waals surface area contributed by atoms with E-state index in [1.807, 2.05) is 0 Å². The van der Waals surface area contributed by atoms with Gasteiger partial charge in [0, 0.05) is 18.8 Å². The van der Waals surface area contributed by atoms with E-state index in [0.717, 1.165) is 37.8 Å². The summed E-state index contributed by atoms with van der Waals surface area (Å²) < 4.78 is 0. The normalized spacial score (nSPS) is 33.1. The molecule has 2 atom stereocenters. The third-order valence-electron chi connectivity index (χ3n) is 4.06. The average Bonchev–Trinajstić information content (AvgIpc) is 2.61. The largest absolute Gasteiger partial charge is 0.388 e. The van der Waals surface area contributed by atoms with E-state index < -0.39 is 0 Å². The molecule has 1 heterocycles. The van der Waals surface area contributed by atoms with Gasteiger partial charge in [-0.1, -0.05) is 32.3 Å². The van der Waals surface area contributed by atoms with Crippen molar-refractivity contribution in [3.8, 4) is 0 Å². The van der Waals surface area contributed by atoms with E-state index in [0.29, 0.717) is 18.1 Å². The summed E-state index contributed by atoms with van der Waals surface area (Å²) in [7, 11) is 0. The molecule has 1 spiro atoms. The number of hydrogen-bond acceptors (Lipinski definition) is 3. The molecular formula is C14H23NO2. The molecule has 96 valence electrons. The molecule has 0 aromatic heterocycles. The summed E-state index contributed by atoms with van der Waals surface area (Å²) in [5.41, 5.74) is 0.871. The Kier molecular flexibility index (Phi) is 3.55. The smallest absolute Gasteiger partial charge is 0.149 e. The van der Waals surface area contributed by atoms with Gasteiger partial charge in [0.2, 0.25) is 0 Å². The first kappa shape index (κ1) is 12.6. The minimum atomic E-state index is -0.271. The van der Waals surface area contributed by atoms with Gasteiger partial charge in [0.15, 0.2) is 0 Å². The molecule has 1 fully saturated rings. The molecule has 3 nitrogen and oxygen atoms in total. The molecule has 0 aromatic carbocycles. The number of carbonyl (C=O) groups excluding carboxylic acids is 1. The molecule has 0 bridgehead atoms. The predicted molar refractivity (Wildman–Crippen MR) is 68.0 cm³/mol. The van der Waals surface area contributed by atoms with Gasteiger partial charge in [0.05, 0.1) is 5.71 Å². The SMILES string of the molecule is CCCC1=NOC2(CCC(C(C)C)C(=O)C2)C1. The van der Waals surface area contributed by atoms with Crippen LogP contribution in [0.1, 0.15) is 59.3 Å². The van der Waals surface area contributed by atoms with Gasteiger partial charge in [0.25, 0.3) is 0 Å². The molecule has 0 N–H and O–H groups in total. The van der Waals surface area contributed by atoms with Gasteiger partial charge >= 0.3 is 0 Å². The topological polar surface area (TPSA) is 38.7 Å². The Balaban J connectivity index is 1.97. The Morgan fingerprint density at radius 2 is 2.24 bits per heavy atom. The minimum Gasteiger partial charge on any atom is -0.388 e. The van der Waals surface area contributed by atoms with E-state index in [2.05, 4.69) is 25.9 Å². The Morgan fingerprint density at radius 3 is 2.82 bits per heavy atom. The van der Waals surface area contributed by atoms with Crippen LogP contribution in [0.15, 0.2) is 5.16 Å². The Hall–Kier alpha value is -0.860. The van der Waals surface area contributed by atoms with Crippen molar-refractivity contribution >= 4 is 11.5 Å². The lowest BCUT2D eigenvalue weighted by Gasteiger charge is -2.35. The standard InChI is InChI=1S/C14H23NO2/c1-4-5-11-8-14(17-15-11)7-6-12(10(2)3)13(16)9-14/h10,12H,4-9H2,1-3H3. The second-order valence-electron chi connectivity index (χ2n) is 5.89. The summed E-state index contributed by atoms with van der Waals surface area (Å²) in [5, 5.41) is 4.17. The highest BCUT2D eigenvalue weighted by Crippen LogP contribution is 2.41. The van der Waals surface area contributed by atoms with Gasteiger partial charge in [-0.25, -0.2) is 0 Å². The van der Waals surface area contributed by atoms with Gasteiger partial charge < -0.3 is 4.84 Å². The van der Waals surface area contributed by atoms with Crippen molar-refractivity contribution in [1.82, 2.24) is 0 Å². The quantitative estimate of drug-likeness (QED) is 0.755. The van der Waals surface area contributed by atoms with Gasteiger partial charge in [-0.05, 0) is 25.2 Å². The van der Waals surface area contributed by atoms with E-state index in [4.69, 9.17) is 4.84 Å². The molecule has 2 aliphatic rings. The zero-order valence-corrected chi connectivity index (χ0v) is 11.2. The van der Waals surface area contributed by atoms with Crippen molar-refractivity contribution < 1.29 is 9.63 Å². The van der Waals surface area contributed by atoms with Crippen LogP contribution in [0, 0.1) is 11.8 Å². The minimum absolute atomic E-state index is 0.236. The van der Waals surface area contributed by atoms with Crippen LogP contribution in [0.5, 0.6) is 0 Å². The van der Waals surface area contributed by atoms with Crippen LogP contribution in [0.2, 0.25) is 0 Å². The van der Waals surface area contributed by atoms with Crippen molar-refractivity contribution in [2.24, 2.45) is 17.0 Å². The molecule has 1 aliphatic carbocycles. The van der Waals surface area contributed by atoms with Crippen LogP contribution < -0.4 is 0 Å². The molecule has 2 unspecified atom stereocenters. The number of hydrogen-bond donors (Lipinski definition) is 0. The fourth-order valence-electron chi connectivity index (χ4n) is 3.07. The summed E-state index contributed by atoms with van der Waals surface area (Å²) in [6, 6.07) is 0. The fourth-order valence-corrected chi connectivity index (χ4v) is 3.07. The van der Waals surface area contributed by atoms with Crippen LogP contribution >= 0.6 is 0 Å². The Labute approximate surface area is 104 Å². The maximum Gasteiger partial charge on any atom is 0.149 e. The lowest BCUT2D eigenvalue weighted by molar-refractivity contribution is -0.138. The first-order chi connectivity index (χ1) is 8.06. The first-order valence-corrected chi connectivity index (χ1v) is 6.83. The number of oxime groups is 1. The van der Waals surface area contributed by atoms with Crippen molar-refractivity contribution in [1.29, 1.82) is 0 Å². The number of carbonyl (C=O) groups is 1. The summed E-state index contributed by atoms with van der Waals surface area (Å²) in [6.45, 7) is 6.42. The van der Waals surface area contributed by atoms with E-state index in [1.54, 1.807) is 0 Å². The van der Waals surface area contributed by atoms with E-state index in [-0.39, 0.29) is 11.5 Å². The third kappa shape index (κ3) is 2.53. The monoisotopic (exact) mass is 237 g/mol. The maximum atomic E-state index is 12.1. The molecule has 0 radical (unpaired) electrons. The average molecular weight is 237 g/mol. The number of ketones is 1. The Bertz CT molecular complexity index is 335. The molecule has 17 heavy (non-hydrogen) atoms. The highest BCUT2D eigenvalue weighted by Gasteiger charge is 2.46. The second-order valence-corrected chi connectivity index (χ2v) is 5.89. The lowest BCUT2D eigenvalue weighted by atomic mass is 9.72. The summed E-state index contributed by atoms with van der Waals surface area (Å²) >= 11 is 0. The van der Waals surface area contributed by atoms with Gasteiger partial charge in [-0.15, -0.1) is 0 Å². The van der Waals surface area contributed by atoms with Gasteiger partial charge in [0.1, 0.15) is 11.4 Å². The number of rotatable bonds is 3. The van der Waals surface area contributed by atoms with Crippen molar-refractivity contribution in [3.63, 3.8) is 0 Å². The van der Waals surface area contributed by atoms with E-state index in [9.17, 15) is 4.79 Å². The predicted octanol–water partition coefficient (Wildman–Crippen LogP) is 3.33. The van der Waals surface area contributed by atoms with Gasteiger partial charge in [-0.2, -0.15) is 0 Å². The lowest BCUT2D eigenvalue weighted by Crippen LogP contribution is -2.41. The maximum absolute atomic E-state index is 12.1. The molecule has 0 amide bonds. The van der Waals surface area contributed by atoms with Crippen molar-refractivity contribution in [2.45, 2.75) is 64.9 Å². The molecule has 3 heteroatoms. The van der Waals surface area contributed by atoms with E-state index >= 15 is 0 Å².